The van der Waals surface area contributed by atoms with E-state index in [0.29, 0.717) is 17.0 Å². The highest BCUT2D eigenvalue weighted by atomic mass is 16.6. The van der Waals surface area contributed by atoms with Crippen molar-refractivity contribution in [2.45, 2.75) is 20.3 Å². The molecule has 1 aromatic rings. The lowest BCUT2D eigenvalue weighted by atomic mass is 10.2. The van der Waals surface area contributed by atoms with E-state index in [4.69, 9.17) is 4.74 Å². The molecule has 1 aromatic carbocycles. The minimum atomic E-state index is -0.442. The average Bonchev–Trinajstić information content (AvgIpc) is 2.46. The Morgan fingerprint density at radius 1 is 1.25 bits per heavy atom. The summed E-state index contributed by atoms with van der Waals surface area (Å²) >= 11 is 0. The zero-order chi connectivity index (χ0) is 15.0. The monoisotopic (exact) mass is 277 g/mol. The maximum Gasteiger partial charge on any atom is 0.343 e. The Hall–Kier alpha value is -2.30. The van der Waals surface area contributed by atoms with E-state index in [1.54, 1.807) is 31.2 Å². The van der Waals surface area contributed by atoms with E-state index in [2.05, 4.69) is 10.1 Å². The number of hydrogen-bond acceptors (Lipinski definition) is 4. The molecule has 0 atom stereocenters. The fraction of sp³-hybridized carbons (Fsp3) is 0.333. The van der Waals surface area contributed by atoms with Crippen LogP contribution in [0, 0.1) is 0 Å². The van der Waals surface area contributed by atoms with E-state index < -0.39 is 5.97 Å². The molecule has 20 heavy (non-hydrogen) atoms. The SMILES string of the molecule is CCC=C(C)C(=O)Nc1ccc(OCC(=O)OC)cc1. The van der Waals surface area contributed by atoms with Gasteiger partial charge in [0.2, 0.25) is 0 Å². The van der Waals surface area contributed by atoms with Crippen molar-refractivity contribution < 1.29 is 19.1 Å². The van der Waals surface area contributed by atoms with Crippen LogP contribution in [0.5, 0.6) is 5.75 Å². The standard InChI is InChI=1S/C15H19NO4/c1-4-5-11(2)15(18)16-12-6-8-13(9-7-12)20-10-14(17)19-3/h5-9H,4,10H2,1-3H3,(H,16,18). The Morgan fingerprint density at radius 2 is 1.90 bits per heavy atom. The Bertz CT molecular complexity index is 491. The van der Waals surface area contributed by atoms with Gasteiger partial charge in [-0.2, -0.15) is 0 Å². The molecule has 0 unspecified atom stereocenters. The van der Waals surface area contributed by atoms with E-state index >= 15 is 0 Å². The van der Waals surface area contributed by atoms with Crippen molar-refractivity contribution in [2.75, 3.05) is 19.0 Å². The van der Waals surface area contributed by atoms with Crippen molar-refractivity contribution in [3.05, 3.63) is 35.9 Å². The van der Waals surface area contributed by atoms with Gasteiger partial charge in [0, 0.05) is 11.3 Å². The second kappa shape index (κ2) is 7.99. The molecule has 0 aliphatic rings. The highest BCUT2D eigenvalue weighted by Gasteiger charge is 2.05. The predicted molar refractivity (Wildman–Crippen MR) is 76.6 cm³/mol. The zero-order valence-corrected chi connectivity index (χ0v) is 11.9. The summed E-state index contributed by atoms with van der Waals surface area (Å²) in [6, 6.07) is 6.78. The summed E-state index contributed by atoms with van der Waals surface area (Å²) in [5, 5.41) is 2.78. The number of esters is 1. The van der Waals surface area contributed by atoms with Crippen LogP contribution in [0.3, 0.4) is 0 Å². The first-order valence-corrected chi connectivity index (χ1v) is 6.34. The minimum absolute atomic E-state index is 0.130. The number of benzene rings is 1. The van der Waals surface area contributed by atoms with Crippen LogP contribution < -0.4 is 10.1 Å². The van der Waals surface area contributed by atoms with Crippen LogP contribution in [0.1, 0.15) is 20.3 Å². The molecule has 0 saturated heterocycles. The number of carbonyl (C=O) groups is 2. The summed E-state index contributed by atoms with van der Waals surface area (Å²) in [6.07, 6.45) is 2.68. The first-order chi connectivity index (χ1) is 9.56. The van der Waals surface area contributed by atoms with E-state index in [-0.39, 0.29) is 12.5 Å². The molecule has 0 aliphatic carbocycles. The molecular formula is C15H19NO4. The van der Waals surface area contributed by atoms with Gasteiger partial charge in [-0.1, -0.05) is 13.0 Å². The van der Waals surface area contributed by atoms with Crippen molar-refractivity contribution in [3.63, 3.8) is 0 Å². The van der Waals surface area contributed by atoms with Crippen molar-refractivity contribution in [1.29, 1.82) is 0 Å². The molecule has 108 valence electrons. The Morgan fingerprint density at radius 3 is 2.45 bits per heavy atom. The van der Waals surface area contributed by atoms with Crippen LogP contribution in [0.15, 0.2) is 35.9 Å². The van der Waals surface area contributed by atoms with Crippen molar-refractivity contribution in [3.8, 4) is 5.75 Å². The fourth-order valence-electron chi connectivity index (χ4n) is 1.46. The average molecular weight is 277 g/mol. The van der Waals surface area contributed by atoms with Gasteiger partial charge in [0.1, 0.15) is 5.75 Å². The molecule has 0 aliphatic heterocycles. The van der Waals surface area contributed by atoms with Crippen molar-refractivity contribution in [2.24, 2.45) is 0 Å². The van der Waals surface area contributed by atoms with Crippen LogP contribution in [0.25, 0.3) is 0 Å². The van der Waals surface area contributed by atoms with E-state index in [0.717, 1.165) is 6.42 Å². The number of rotatable bonds is 6. The second-order valence-corrected chi connectivity index (χ2v) is 4.14. The minimum Gasteiger partial charge on any atom is -0.482 e. The maximum atomic E-state index is 11.8. The molecule has 1 N–H and O–H groups in total. The fourth-order valence-corrected chi connectivity index (χ4v) is 1.46. The lowest BCUT2D eigenvalue weighted by Gasteiger charge is -2.08. The molecule has 0 fully saturated rings. The van der Waals surface area contributed by atoms with Crippen LogP contribution in [0.2, 0.25) is 0 Å². The van der Waals surface area contributed by atoms with E-state index in [9.17, 15) is 9.59 Å². The topological polar surface area (TPSA) is 64.6 Å². The number of methoxy groups -OCH3 is 1. The third-order valence-corrected chi connectivity index (χ3v) is 2.57. The van der Waals surface area contributed by atoms with Gasteiger partial charge in [-0.05, 0) is 37.6 Å². The lowest BCUT2D eigenvalue weighted by Crippen LogP contribution is -2.13. The van der Waals surface area contributed by atoms with Gasteiger partial charge in [-0.3, -0.25) is 4.79 Å². The van der Waals surface area contributed by atoms with E-state index in [1.807, 2.05) is 13.0 Å². The van der Waals surface area contributed by atoms with Gasteiger partial charge in [0.25, 0.3) is 5.91 Å². The summed E-state index contributed by atoms with van der Waals surface area (Å²) in [5.74, 6) is -0.0352. The molecule has 5 heteroatoms. The molecule has 0 saturated carbocycles. The molecule has 5 nitrogen and oxygen atoms in total. The van der Waals surface area contributed by atoms with Crippen LogP contribution in [-0.2, 0) is 14.3 Å². The van der Waals surface area contributed by atoms with Crippen LogP contribution in [0.4, 0.5) is 5.69 Å². The number of carbonyl (C=O) groups excluding carboxylic acids is 2. The Balaban J connectivity index is 2.56. The zero-order valence-electron chi connectivity index (χ0n) is 11.9. The molecule has 0 aromatic heterocycles. The van der Waals surface area contributed by atoms with Gasteiger partial charge in [0.15, 0.2) is 6.61 Å². The third kappa shape index (κ3) is 5.14. The normalized spacial score (nSPS) is 10.8. The van der Waals surface area contributed by atoms with Crippen LogP contribution in [-0.4, -0.2) is 25.6 Å². The third-order valence-electron chi connectivity index (χ3n) is 2.57. The highest BCUT2D eigenvalue weighted by Crippen LogP contribution is 2.16. The first kappa shape index (κ1) is 15.8. The molecule has 0 bridgehead atoms. The van der Waals surface area contributed by atoms with Gasteiger partial charge >= 0.3 is 5.97 Å². The molecule has 0 spiro atoms. The molecule has 0 heterocycles. The van der Waals surface area contributed by atoms with Crippen molar-refractivity contribution >= 4 is 17.6 Å². The summed E-state index contributed by atoms with van der Waals surface area (Å²) < 4.78 is 9.68. The number of amides is 1. The maximum absolute atomic E-state index is 11.8. The van der Waals surface area contributed by atoms with Gasteiger partial charge in [-0.15, -0.1) is 0 Å². The number of allylic oxidation sites excluding steroid dienone is 1. The number of ether oxygens (including phenoxy) is 2. The van der Waals surface area contributed by atoms with Gasteiger partial charge in [-0.25, -0.2) is 4.79 Å². The summed E-state index contributed by atoms with van der Waals surface area (Å²) in [6.45, 7) is 3.61. The van der Waals surface area contributed by atoms with Crippen molar-refractivity contribution in [1.82, 2.24) is 0 Å². The summed E-state index contributed by atoms with van der Waals surface area (Å²) in [5.41, 5.74) is 1.35. The Labute approximate surface area is 118 Å². The summed E-state index contributed by atoms with van der Waals surface area (Å²) in [4.78, 5) is 22.7. The number of anilines is 1. The molecular weight excluding hydrogens is 258 g/mol. The van der Waals surface area contributed by atoms with Gasteiger partial charge < -0.3 is 14.8 Å². The molecule has 0 radical (unpaired) electrons. The lowest BCUT2D eigenvalue weighted by molar-refractivity contribution is -0.142. The number of nitrogens with one attached hydrogen (secondary N) is 1. The first-order valence-electron chi connectivity index (χ1n) is 6.34. The number of hydrogen-bond donors (Lipinski definition) is 1. The Kier molecular flexibility index (Phi) is 6.29. The van der Waals surface area contributed by atoms with Crippen LogP contribution >= 0.6 is 0 Å². The van der Waals surface area contributed by atoms with E-state index in [1.165, 1.54) is 7.11 Å². The highest BCUT2D eigenvalue weighted by molar-refractivity contribution is 6.03. The summed E-state index contributed by atoms with van der Waals surface area (Å²) in [7, 11) is 1.30. The molecule has 1 amide bonds. The largest absolute Gasteiger partial charge is 0.482 e. The van der Waals surface area contributed by atoms with Gasteiger partial charge in [0.05, 0.1) is 7.11 Å². The predicted octanol–water partition coefficient (Wildman–Crippen LogP) is 2.53. The smallest absolute Gasteiger partial charge is 0.343 e. The quantitative estimate of drug-likeness (QED) is 0.641. The molecule has 1 rings (SSSR count). The second-order valence-electron chi connectivity index (χ2n) is 4.14.